The van der Waals surface area contributed by atoms with Gasteiger partial charge in [-0.05, 0) is 134 Å². The molecule has 0 atom stereocenters. The van der Waals surface area contributed by atoms with Crippen LogP contribution in [0, 0.1) is 0 Å². The van der Waals surface area contributed by atoms with Gasteiger partial charge in [0.2, 0.25) is 0 Å². The van der Waals surface area contributed by atoms with Crippen molar-refractivity contribution in [3.05, 3.63) is 218 Å². The lowest BCUT2D eigenvalue weighted by molar-refractivity contribution is 1.18. The van der Waals surface area contributed by atoms with Gasteiger partial charge >= 0.3 is 0 Å². The van der Waals surface area contributed by atoms with Gasteiger partial charge in [0.25, 0.3) is 0 Å². The van der Waals surface area contributed by atoms with Gasteiger partial charge in [0.1, 0.15) is 5.65 Å². The third-order valence-electron chi connectivity index (χ3n) is 14.0. The highest BCUT2D eigenvalue weighted by molar-refractivity contribution is 7.26. The molecule has 15 rings (SSSR count). The molecule has 11 aromatic carbocycles. The summed E-state index contributed by atoms with van der Waals surface area (Å²) in [6, 6.07) is 80.5. The molecule has 66 heavy (non-hydrogen) atoms. The number of pyridine rings is 1. The highest BCUT2D eigenvalue weighted by atomic mass is 32.1. The highest BCUT2D eigenvalue weighted by Gasteiger charge is 2.33. The van der Waals surface area contributed by atoms with Crippen molar-refractivity contribution in [1.82, 2.24) is 9.38 Å². The second-order valence-electron chi connectivity index (χ2n) is 17.5. The van der Waals surface area contributed by atoms with E-state index >= 15 is 0 Å². The Balaban J connectivity index is 1.02. The molecule has 0 N–H and O–H groups in total. The number of imidazole rings is 1. The van der Waals surface area contributed by atoms with Gasteiger partial charge in [-0.15, -0.1) is 11.3 Å². The molecule has 4 nitrogen and oxygen atoms in total. The van der Waals surface area contributed by atoms with E-state index in [2.05, 4.69) is 233 Å². The molecule has 0 unspecified atom stereocenters. The number of hydrogen-bond donors (Lipinski definition) is 0. The fourth-order valence-electron chi connectivity index (χ4n) is 11.1. The topological polar surface area (TPSA) is 23.8 Å². The Kier molecular flexibility index (Phi) is 7.34. The smallest absolute Gasteiger partial charge is 0.146 e. The van der Waals surface area contributed by atoms with Crippen LogP contribution in [0.3, 0.4) is 0 Å². The van der Waals surface area contributed by atoms with Crippen LogP contribution in [0.1, 0.15) is 0 Å². The van der Waals surface area contributed by atoms with Crippen LogP contribution >= 0.6 is 11.3 Å². The van der Waals surface area contributed by atoms with Crippen LogP contribution in [0.15, 0.2) is 218 Å². The summed E-state index contributed by atoms with van der Waals surface area (Å²) in [4.78, 5) is 10.2. The normalized spacial score (nSPS) is 12.8. The van der Waals surface area contributed by atoms with Crippen LogP contribution in [0.5, 0.6) is 0 Å². The third kappa shape index (κ3) is 4.95. The van der Waals surface area contributed by atoms with Crippen LogP contribution in [-0.2, 0) is 0 Å². The number of nitrogens with zero attached hydrogens (tertiary/aromatic N) is 4. The zero-order valence-electron chi connectivity index (χ0n) is 35.5. The highest BCUT2D eigenvalue weighted by Crippen LogP contribution is 2.58. The summed E-state index contributed by atoms with van der Waals surface area (Å²) in [5.74, 6) is 0. The number of rotatable bonds is 3. The number of anilines is 6. The first-order valence-electron chi connectivity index (χ1n) is 22.5. The number of hydrogen-bond acceptors (Lipinski definition) is 4. The number of thiophene rings is 1. The van der Waals surface area contributed by atoms with Crippen molar-refractivity contribution in [1.29, 1.82) is 0 Å². The Morgan fingerprint density at radius 3 is 1.65 bits per heavy atom. The van der Waals surface area contributed by atoms with Gasteiger partial charge in [-0.3, -0.25) is 4.40 Å². The Labute approximate surface area is 383 Å². The van der Waals surface area contributed by atoms with E-state index in [1.807, 2.05) is 11.3 Å². The lowest BCUT2D eigenvalue weighted by atomic mass is 9.90. The first-order chi connectivity index (χ1) is 32.7. The first kappa shape index (κ1) is 35.9. The first-order valence-corrected chi connectivity index (χ1v) is 23.4. The molecule has 4 heterocycles. The van der Waals surface area contributed by atoms with E-state index in [-0.39, 0.29) is 0 Å². The maximum Gasteiger partial charge on any atom is 0.146 e. The van der Waals surface area contributed by atoms with Crippen LogP contribution in [0.25, 0.3) is 102 Å². The zero-order valence-corrected chi connectivity index (χ0v) is 36.3. The molecule has 306 valence electrons. The maximum absolute atomic E-state index is 5.19. The molecule has 0 radical (unpaired) electrons. The quantitative estimate of drug-likeness (QED) is 0.165. The third-order valence-corrected chi connectivity index (χ3v) is 15.2. The number of benzene rings is 11. The second kappa shape index (κ2) is 13.5. The SMILES string of the molecule is c1ccc(N2c3ccccc3N(c3cccc4c3sc3ccccc34)c3cc4c5cc(-c6ccc7c(c6)c6ccccc6n6c8ccccc8nc76)ccc5c5ccccc5c4cc32)cc1. The lowest BCUT2D eigenvalue weighted by Crippen LogP contribution is -2.24. The summed E-state index contributed by atoms with van der Waals surface area (Å²) >= 11 is 1.88. The summed E-state index contributed by atoms with van der Waals surface area (Å²) in [5.41, 5.74) is 13.5. The summed E-state index contributed by atoms with van der Waals surface area (Å²) < 4.78 is 4.90. The van der Waals surface area contributed by atoms with Crippen molar-refractivity contribution < 1.29 is 0 Å². The van der Waals surface area contributed by atoms with Crippen LogP contribution in [0.4, 0.5) is 34.1 Å². The number of para-hydroxylation sites is 6. The second-order valence-corrected chi connectivity index (χ2v) is 18.5. The predicted octanol–water partition coefficient (Wildman–Crippen LogP) is 17.5. The molecule has 0 saturated carbocycles. The summed E-state index contributed by atoms with van der Waals surface area (Å²) in [5, 5.41) is 13.6. The summed E-state index contributed by atoms with van der Waals surface area (Å²) in [7, 11) is 0. The van der Waals surface area contributed by atoms with Gasteiger partial charge in [0.05, 0.1) is 49.7 Å². The van der Waals surface area contributed by atoms with Gasteiger partial charge in [0.15, 0.2) is 0 Å². The summed E-state index contributed by atoms with van der Waals surface area (Å²) in [6.07, 6.45) is 0. The average molecular weight is 857 g/mol. The standard InChI is InChI=1S/C61H36N4S/c1-2-15-39(16-3-1)63-54-25-11-12-26-55(54)64(56-27-14-21-45-44-20-7-13-28-59(44)66-60(45)56)58-36-50-47-33-37(29-31-42(47)40-17-4-5-18-41(40)49(50)35-57(58)63)38-30-32-46-48(34-38)43-19-6-9-23-52(43)65-53-24-10-8-22-51(53)62-61(46)65/h1-36H. The maximum atomic E-state index is 5.19. The zero-order chi connectivity index (χ0) is 43.0. The monoisotopic (exact) mass is 856 g/mol. The van der Waals surface area contributed by atoms with E-state index in [1.165, 1.54) is 80.1 Å². The number of aromatic nitrogens is 2. The van der Waals surface area contributed by atoms with Crippen molar-refractivity contribution in [3.63, 3.8) is 0 Å². The van der Waals surface area contributed by atoms with Crippen molar-refractivity contribution in [2.75, 3.05) is 9.80 Å². The van der Waals surface area contributed by atoms with Crippen molar-refractivity contribution in [2.45, 2.75) is 0 Å². The molecule has 1 aliphatic rings. The van der Waals surface area contributed by atoms with E-state index in [9.17, 15) is 0 Å². The van der Waals surface area contributed by atoms with Gasteiger partial charge in [-0.2, -0.15) is 0 Å². The molecule has 1 aliphatic heterocycles. The molecule has 14 aromatic rings. The van der Waals surface area contributed by atoms with Crippen LogP contribution < -0.4 is 9.80 Å². The van der Waals surface area contributed by atoms with E-state index in [0.29, 0.717) is 0 Å². The van der Waals surface area contributed by atoms with E-state index in [0.717, 1.165) is 56.0 Å². The molecule has 0 spiro atoms. The largest absolute Gasteiger partial charge is 0.306 e. The fourth-order valence-corrected chi connectivity index (χ4v) is 12.3. The lowest BCUT2D eigenvalue weighted by Gasteiger charge is -2.41. The Bertz CT molecular complexity index is 4370. The molecule has 0 amide bonds. The van der Waals surface area contributed by atoms with Crippen molar-refractivity contribution in [3.8, 4) is 11.1 Å². The van der Waals surface area contributed by atoms with Gasteiger partial charge < -0.3 is 9.80 Å². The molecule has 0 saturated heterocycles. The van der Waals surface area contributed by atoms with Gasteiger partial charge in [-0.25, -0.2) is 4.98 Å². The van der Waals surface area contributed by atoms with E-state index in [4.69, 9.17) is 4.98 Å². The Hall–Kier alpha value is -8.51. The molecular weight excluding hydrogens is 821 g/mol. The molecule has 0 aliphatic carbocycles. The predicted molar refractivity (Wildman–Crippen MR) is 281 cm³/mol. The molecule has 0 fully saturated rings. The molecular formula is C61H36N4S. The van der Waals surface area contributed by atoms with Crippen molar-refractivity contribution >= 4 is 136 Å². The number of fused-ring (bicyclic) bond motifs is 19. The minimum Gasteiger partial charge on any atom is -0.306 e. The van der Waals surface area contributed by atoms with Gasteiger partial charge in [-0.1, -0.05) is 133 Å². The van der Waals surface area contributed by atoms with Crippen molar-refractivity contribution in [2.24, 2.45) is 0 Å². The minimum atomic E-state index is 0.985. The molecule has 3 aromatic heterocycles. The van der Waals surface area contributed by atoms with Crippen LogP contribution in [-0.4, -0.2) is 9.38 Å². The van der Waals surface area contributed by atoms with E-state index in [1.54, 1.807) is 0 Å². The molecule has 5 heteroatoms. The Morgan fingerprint density at radius 2 is 0.848 bits per heavy atom. The summed E-state index contributed by atoms with van der Waals surface area (Å²) in [6.45, 7) is 0. The minimum absolute atomic E-state index is 0.985. The fraction of sp³-hybridized carbons (Fsp3) is 0. The van der Waals surface area contributed by atoms with E-state index < -0.39 is 0 Å². The van der Waals surface area contributed by atoms with Crippen LogP contribution in [0.2, 0.25) is 0 Å². The average Bonchev–Trinajstić information content (AvgIpc) is 3.97. The van der Waals surface area contributed by atoms with Gasteiger partial charge in [0, 0.05) is 31.9 Å². The molecule has 0 bridgehead atoms. The Morgan fingerprint density at radius 1 is 0.318 bits per heavy atom.